The summed E-state index contributed by atoms with van der Waals surface area (Å²) in [7, 11) is -1.10. The molecule has 174 valence electrons. The molecule has 3 rings (SSSR count). The van der Waals surface area contributed by atoms with Crippen molar-refractivity contribution in [2.75, 3.05) is 18.2 Å². The number of benzene rings is 1. The summed E-state index contributed by atoms with van der Waals surface area (Å²) >= 11 is 1.08. The summed E-state index contributed by atoms with van der Waals surface area (Å²) in [5.74, 6) is -1.26. The first-order valence-corrected chi connectivity index (χ1v) is 13.3. The number of hydrogen-bond donors (Lipinski definition) is 1. The molecule has 1 fully saturated rings. The second-order valence-corrected chi connectivity index (χ2v) is 10.1. The molecule has 1 amide bonds. The normalized spacial score (nSPS) is 17.0. The lowest BCUT2D eigenvalue weighted by Gasteiger charge is -2.28. The van der Waals surface area contributed by atoms with E-state index in [-0.39, 0.29) is 24.7 Å². The molecule has 1 aliphatic carbocycles. The molecule has 0 radical (unpaired) electrons. The number of anilines is 1. The van der Waals surface area contributed by atoms with Crippen molar-refractivity contribution in [1.82, 2.24) is 4.98 Å². The topological polar surface area (TPSA) is 94.6 Å². The van der Waals surface area contributed by atoms with Crippen molar-refractivity contribution in [3.8, 4) is 0 Å². The molecule has 0 spiro atoms. The predicted molar refractivity (Wildman–Crippen MR) is 126 cm³/mol. The smallest absolute Gasteiger partial charge is 0.350 e. The summed E-state index contributed by atoms with van der Waals surface area (Å²) in [5, 5.41) is 3.19. The van der Waals surface area contributed by atoms with E-state index in [1.165, 1.54) is 6.20 Å². The Hall–Kier alpha value is -2.10. The van der Waals surface area contributed by atoms with Gasteiger partial charge in [0.1, 0.15) is 4.88 Å². The molecular weight excluding hydrogens is 448 g/mol. The maximum Gasteiger partial charge on any atom is 0.350 e. The third-order valence-electron chi connectivity index (χ3n) is 5.51. The first-order chi connectivity index (χ1) is 15.4. The Bertz CT molecular complexity index is 938. The summed E-state index contributed by atoms with van der Waals surface area (Å²) in [6, 6.07) is 7.26. The minimum absolute atomic E-state index is 0.160. The Morgan fingerprint density at radius 3 is 2.50 bits per heavy atom. The number of amides is 1. The molecule has 1 N–H and O–H groups in total. The van der Waals surface area contributed by atoms with Crippen LogP contribution in [-0.2, 0) is 25.1 Å². The molecule has 3 atom stereocenters. The third-order valence-corrected chi connectivity index (χ3v) is 7.34. The third kappa shape index (κ3) is 6.24. The van der Waals surface area contributed by atoms with Crippen molar-refractivity contribution >= 4 is 39.1 Å². The zero-order valence-electron chi connectivity index (χ0n) is 18.7. The second-order valence-electron chi connectivity index (χ2n) is 7.73. The fourth-order valence-corrected chi connectivity index (χ4v) is 5.13. The molecule has 32 heavy (non-hydrogen) atoms. The van der Waals surface area contributed by atoms with E-state index in [2.05, 4.69) is 10.3 Å². The number of ether oxygens (including phenoxy) is 2. The molecule has 0 bridgehead atoms. The summed E-state index contributed by atoms with van der Waals surface area (Å²) in [4.78, 5) is 30.5. The van der Waals surface area contributed by atoms with E-state index in [4.69, 9.17) is 9.47 Å². The largest absolute Gasteiger partial charge is 0.462 e. The number of hydrogen-bond acceptors (Lipinski definition) is 7. The van der Waals surface area contributed by atoms with Crippen molar-refractivity contribution in [1.29, 1.82) is 0 Å². The van der Waals surface area contributed by atoms with Crippen LogP contribution in [0.3, 0.4) is 0 Å². The van der Waals surface area contributed by atoms with Gasteiger partial charge >= 0.3 is 5.97 Å². The molecule has 1 aromatic carbocycles. The Morgan fingerprint density at radius 1 is 1.22 bits per heavy atom. The Labute approximate surface area is 195 Å². The summed E-state index contributed by atoms with van der Waals surface area (Å²) in [6.07, 6.45) is 7.86. The Balaban J connectivity index is 1.84. The fraction of sp³-hybridized carbons (Fsp3) is 0.522. The van der Waals surface area contributed by atoms with Crippen LogP contribution in [0.2, 0.25) is 0 Å². The molecular formula is C23H30N2O5S2. The van der Waals surface area contributed by atoms with Gasteiger partial charge in [-0.05, 0) is 43.9 Å². The highest BCUT2D eigenvalue weighted by Gasteiger charge is 2.33. The Morgan fingerprint density at radius 2 is 1.91 bits per heavy atom. The van der Waals surface area contributed by atoms with Gasteiger partial charge in [0.15, 0.2) is 5.13 Å². The van der Waals surface area contributed by atoms with Crippen molar-refractivity contribution in [2.24, 2.45) is 0 Å². The van der Waals surface area contributed by atoms with Gasteiger partial charge in [-0.3, -0.25) is 9.00 Å². The van der Waals surface area contributed by atoms with Crippen LogP contribution < -0.4 is 5.32 Å². The van der Waals surface area contributed by atoms with Crippen molar-refractivity contribution in [3.63, 3.8) is 0 Å². The molecule has 1 saturated carbocycles. The first-order valence-electron chi connectivity index (χ1n) is 11.0. The summed E-state index contributed by atoms with van der Waals surface area (Å²) < 4.78 is 23.2. The standard InChI is InChI=1S/C23H30N2O5S2/c1-4-18(30-16-8-6-7-9-16)20(15-10-12-17(13-11-15)32(3)28)21(26)25-23-24-14-19(31-23)22(27)29-5-2/h10-14,16,18,20H,4-9H2,1-3H3,(H,24,25,26). The maximum atomic E-state index is 13.4. The van der Waals surface area contributed by atoms with Crippen molar-refractivity contribution < 1.29 is 23.3 Å². The monoisotopic (exact) mass is 478 g/mol. The average molecular weight is 479 g/mol. The van der Waals surface area contributed by atoms with Crippen LogP contribution in [-0.4, -0.2) is 46.1 Å². The maximum absolute atomic E-state index is 13.4. The summed E-state index contributed by atoms with van der Waals surface area (Å²) in [5.41, 5.74) is 0.795. The van der Waals surface area contributed by atoms with E-state index in [9.17, 15) is 13.8 Å². The van der Waals surface area contributed by atoms with Crippen LogP contribution in [0.4, 0.5) is 5.13 Å². The highest BCUT2D eigenvalue weighted by Crippen LogP contribution is 2.32. The van der Waals surface area contributed by atoms with E-state index in [0.717, 1.165) is 42.6 Å². The highest BCUT2D eigenvalue weighted by atomic mass is 32.2. The number of carbonyl (C=O) groups excluding carboxylic acids is 2. The van der Waals surface area contributed by atoms with Crippen LogP contribution in [0, 0.1) is 0 Å². The molecule has 1 aliphatic rings. The molecule has 9 heteroatoms. The number of aromatic nitrogens is 1. The van der Waals surface area contributed by atoms with Gasteiger partial charge in [-0.15, -0.1) is 0 Å². The fourth-order valence-electron chi connectivity index (χ4n) is 3.90. The zero-order valence-corrected chi connectivity index (χ0v) is 20.3. The molecule has 7 nitrogen and oxygen atoms in total. The molecule has 1 heterocycles. The molecule has 3 unspecified atom stereocenters. The lowest BCUT2D eigenvalue weighted by atomic mass is 9.90. The average Bonchev–Trinajstić information content (AvgIpc) is 3.46. The number of rotatable bonds is 10. The quantitative estimate of drug-likeness (QED) is 0.505. The zero-order chi connectivity index (χ0) is 23.1. The highest BCUT2D eigenvalue weighted by molar-refractivity contribution is 7.84. The minimum Gasteiger partial charge on any atom is -0.462 e. The SMILES string of the molecule is CCOC(=O)c1cnc(NC(=O)C(c2ccc(S(C)=O)cc2)C(CC)OC2CCCC2)s1. The predicted octanol–water partition coefficient (Wildman–Crippen LogP) is 4.52. The van der Waals surface area contributed by atoms with Gasteiger partial charge in [-0.2, -0.15) is 0 Å². The second kappa shape index (κ2) is 11.7. The van der Waals surface area contributed by atoms with E-state index in [0.29, 0.717) is 21.3 Å². The van der Waals surface area contributed by atoms with E-state index >= 15 is 0 Å². The number of esters is 1. The van der Waals surface area contributed by atoms with Crippen molar-refractivity contribution in [2.45, 2.75) is 69.0 Å². The van der Waals surface area contributed by atoms with Gasteiger partial charge < -0.3 is 14.8 Å². The molecule has 2 aromatic rings. The van der Waals surface area contributed by atoms with Crippen LogP contribution in [0.1, 0.15) is 67.1 Å². The Kier molecular flexibility index (Phi) is 8.95. The van der Waals surface area contributed by atoms with E-state index < -0.39 is 22.7 Å². The lowest BCUT2D eigenvalue weighted by molar-refractivity contribution is -0.123. The summed E-state index contributed by atoms with van der Waals surface area (Å²) in [6.45, 7) is 4.02. The molecule has 0 aliphatic heterocycles. The van der Waals surface area contributed by atoms with Crippen LogP contribution >= 0.6 is 11.3 Å². The number of nitrogens with zero attached hydrogens (tertiary/aromatic N) is 1. The van der Waals surface area contributed by atoms with E-state index in [1.807, 2.05) is 19.1 Å². The number of nitrogens with one attached hydrogen (secondary N) is 1. The van der Waals surface area contributed by atoms with Gasteiger partial charge in [0.05, 0.1) is 30.9 Å². The van der Waals surface area contributed by atoms with Crippen LogP contribution in [0.25, 0.3) is 0 Å². The number of thiazole rings is 1. The van der Waals surface area contributed by atoms with Crippen molar-refractivity contribution in [3.05, 3.63) is 40.9 Å². The van der Waals surface area contributed by atoms with Crippen LogP contribution in [0.15, 0.2) is 35.4 Å². The minimum atomic E-state index is -1.10. The van der Waals surface area contributed by atoms with Gasteiger partial charge in [0.2, 0.25) is 5.91 Å². The molecule has 1 aromatic heterocycles. The van der Waals surface area contributed by atoms with Gasteiger partial charge in [0, 0.05) is 22.0 Å². The van der Waals surface area contributed by atoms with Crippen LogP contribution in [0.5, 0.6) is 0 Å². The van der Waals surface area contributed by atoms with Gasteiger partial charge in [-0.25, -0.2) is 9.78 Å². The number of carbonyl (C=O) groups is 2. The van der Waals surface area contributed by atoms with E-state index in [1.54, 1.807) is 25.3 Å². The van der Waals surface area contributed by atoms with Gasteiger partial charge in [0.25, 0.3) is 0 Å². The van der Waals surface area contributed by atoms with Gasteiger partial charge in [-0.1, -0.05) is 43.2 Å². The molecule has 0 saturated heterocycles. The first kappa shape index (κ1) is 24.5. The lowest BCUT2D eigenvalue weighted by Crippen LogP contribution is -2.34.